The van der Waals surface area contributed by atoms with Gasteiger partial charge in [-0.1, -0.05) is 36.0 Å². The van der Waals surface area contributed by atoms with Gasteiger partial charge < -0.3 is 15.5 Å². The van der Waals surface area contributed by atoms with Crippen molar-refractivity contribution >= 4 is 40.3 Å². The maximum atomic E-state index is 11.8. The molecular formula is C16H24N5OS2+. The Balaban J connectivity index is 1.94. The molecule has 0 aliphatic carbocycles. The van der Waals surface area contributed by atoms with Crippen molar-refractivity contribution in [1.82, 2.24) is 15.1 Å². The predicted octanol–water partition coefficient (Wildman–Crippen LogP) is 1.72. The van der Waals surface area contributed by atoms with Gasteiger partial charge in [0, 0.05) is 12.2 Å². The van der Waals surface area contributed by atoms with Gasteiger partial charge in [-0.15, -0.1) is 5.10 Å². The first-order valence-electron chi connectivity index (χ1n) is 7.97. The summed E-state index contributed by atoms with van der Waals surface area (Å²) in [6, 6.07) is 8.12. The molecule has 2 rings (SSSR count). The monoisotopic (exact) mass is 366 g/mol. The second kappa shape index (κ2) is 8.91. The summed E-state index contributed by atoms with van der Waals surface area (Å²) in [6.07, 6.45) is 0.940. The fourth-order valence-corrected chi connectivity index (χ4v) is 3.16. The third kappa shape index (κ3) is 5.70. The van der Waals surface area contributed by atoms with Gasteiger partial charge in [0.15, 0.2) is 17.2 Å². The van der Waals surface area contributed by atoms with Crippen molar-refractivity contribution in [2.24, 2.45) is 0 Å². The van der Waals surface area contributed by atoms with Gasteiger partial charge in [-0.3, -0.25) is 4.79 Å². The molecule has 1 unspecified atom stereocenters. The van der Waals surface area contributed by atoms with Gasteiger partial charge in [0.1, 0.15) is 0 Å². The third-order valence-electron chi connectivity index (χ3n) is 3.36. The number of hydrogen-bond donors (Lipinski definition) is 3. The molecule has 1 atom stereocenters. The summed E-state index contributed by atoms with van der Waals surface area (Å²) >= 11 is 6.81. The van der Waals surface area contributed by atoms with Crippen LogP contribution in [0.5, 0.6) is 0 Å². The van der Waals surface area contributed by atoms with E-state index in [9.17, 15) is 4.79 Å². The topological polar surface area (TPSA) is 63.4 Å². The molecule has 0 saturated carbocycles. The second-order valence-corrected chi connectivity index (χ2v) is 7.43. The minimum Gasteiger partial charge on any atom is -0.351 e. The number of carbonyl (C=O) groups excluding carboxylic acids is 1. The van der Waals surface area contributed by atoms with Crippen LogP contribution in [0.2, 0.25) is 0 Å². The molecule has 1 amide bonds. The van der Waals surface area contributed by atoms with Crippen LogP contribution < -0.4 is 15.5 Å². The summed E-state index contributed by atoms with van der Waals surface area (Å²) in [5.74, 6) is 0.0501. The average Bonchev–Trinajstić information content (AvgIpc) is 2.87. The standard InChI is InChI=1S/C16H23N5OS2/c1-4-9-17-14(22)10-20(3)11-21-16(23)24-15(19-21)18-13-7-5-12(2)6-8-13/h5-8H,4,9-11H2,1-3H3,(H,17,22)(H,18,19)/p+1. The number of aromatic nitrogens is 2. The van der Waals surface area contributed by atoms with Crippen LogP contribution in [-0.2, 0) is 11.5 Å². The van der Waals surface area contributed by atoms with Crippen molar-refractivity contribution in [1.29, 1.82) is 0 Å². The molecule has 0 aliphatic heterocycles. The van der Waals surface area contributed by atoms with E-state index in [1.807, 2.05) is 38.2 Å². The first kappa shape index (κ1) is 18.6. The number of quaternary nitrogens is 1. The van der Waals surface area contributed by atoms with Gasteiger partial charge in [0.2, 0.25) is 5.13 Å². The molecule has 130 valence electrons. The number of nitrogens with zero attached hydrogens (tertiary/aromatic N) is 2. The van der Waals surface area contributed by atoms with Crippen molar-refractivity contribution in [3.05, 3.63) is 33.8 Å². The molecule has 1 aromatic heterocycles. The summed E-state index contributed by atoms with van der Waals surface area (Å²) < 4.78 is 2.46. The highest BCUT2D eigenvalue weighted by Crippen LogP contribution is 2.20. The quantitative estimate of drug-likeness (QED) is 0.623. The SMILES string of the molecule is CCCNC(=O)C[NH+](C)Cn1nc(Nc2ccc(C)cc2)sc1=S. The van der Waals surface area contributed by atoms with E-state index in [0.29, 0.717) is 23.7 Å². The summed E-state index contributed by atoms with van der Waals surface area (Å²) in [5, 5.41) is 11.4. The zero-order chi connectivity index (χ0) is 17.5. The summed E-state index contributed by atoms with van der Waals surface area (Å²) in [6.45, 7) is 5.77. The highest BCUT2D eigenvalue weighted by molar-refractivity contribution is 7.73. The number of nitrogens with one attached hydrogen (secondary N) is 3. The van der Waals surface area contributed by atoms with Gasteiger partial charge in [0.25, 0.3) is 5.91 Å². The van der Waals surface area contributed by atoms with Crippen LogP contribution in [-0.4, -0.2) is 35.8 Å². The Hall–Kier alpha value is -1.77. The molecule has 6 nitrogen and oxygen atoms in total. The fourth-order valence-electron chi connectivity index (χ4n) is 2.13. The van der Waals surface area contributed by atoms with E-state index in [2.05, 4.69) is 22.7 Å². The number of aryl methyl sites for hydroxylation is 1. The zero-order valence-electron chi connectivity index (χ0n) is 14.3. The van der Waals surface area contributed by atoms with Crippen LogP contribution in [0.25, 0.3) is 0 Å². The minimum absolute atomic E-state index is 0.0501. The first-order chi connectivity index (χ1) is 11.5. The van der Waals surface area contributed by atoms with E-state index >= 15 is 0 Å². The van der Waals surface area contributed by atoms with Crippen molar-refractivity contribution in [3.63, 3.8) is 0 Å². The smallest absolute Gasteiger partial charge is 0.275 e. The van der Waals surface area contributed by atoms with Crippen molar-refractivity contribution in [2.75, 3.05) is 25.5 Å². The average molecular weight is 367 g/mol. The van der Waals surface area contributed by atoms with Crippen molar-refractivity contribution in [3.8, 4) is 0 Å². The highest BCUT2D eigenvalue weighted by Gasteiger charge is 2.12. The number of likely N-dealkylation sites (N-methyl/N-ethyl adjacent to an activating group) is 1. The number of anilines is 2. The van der Waals surface area contributed by atoms with Gasteiger partial charge >= 0.3 is 0 Å². The van der Waals surface area contributed by atoms with Gasteiger partial charge in [-0.2, -0.15) is 4.68 Å². The first-order valence-corrected chi connectivity index (χ1v) is 9.20. The number of amides is 1. The molecule has 0 spiro atoms. The van der Waals surface area contributed by atoms with E-state index in [0.717, 1.165) is 22.1 Å². The lowest BCUT2D eigenvalue weighted by Crippen LogP contribution is -3.09. The molecule has 3 N–H and O–H groups in total. The van der Waals surface area contributed by atoms with Crippen LogP contribution in [0.3, 0.4) is 0 Å². The molecule has 1 aromatic carbocycles. The maximum Gasteiger partial charge on any atom is 0.275 e. The Morgan fingerprint density at radius 2 is 2.08 bits per heavy atom. The second-order valence-electron chi connectivity index (χ2n) is 5.81. The number of rotatable bonds is 8. The van der Waals surface area contributed by atoms with Crippen LogP contribution in [0.1, 0.15) is 18.9 Å². The number of hydrogen-bond acceptors (Lipinski definition) is 5. The molecule has 2 aromatic rings. The Kier molecular flexibility index (Phi) is 6.89. The molecule has 1 heterocycles. The molecule has 0 bridgehead atoms. The zero-order valence-corrected chi connectivity index (χ0v) is 15.9. The van der Waals surface area contributed by atoms with E-state index in [4.69, 9.17) is 12.2 Å². The van der Waals surface area contributed by atoms with Gasteiger partial charge in [-0.05, 0) is 37.7 Å². The molecule has 24 heavy (non-hydrogen) atoms. The molecule has 0 radical (unpaired) electrons. The van der Waals surface area contributed by atoms with Crippen LogP contribution >= 0.6 is 23.6 Å². The Morgan fingerprint density at radius 3 is 2.75 bits per heavy atom. The maximum absolute atomic E-state index is 11.8. The lowest BCUT2D eigenvalue weighted by Gasteiger charge is -2.13. The van der Waals surface area contributed by atoms with E-state index < -0.39 is 0 Å². The van der Waals surface area contributed by atoms with Crippen molar-refractivity contribution in [2.45, 2.75) is 26.9 Å². The lowest BCUT2D eigenvalue weighted by atomic mass is 10.2. The molecule has 0 saturated heterocycles. The van der Waals surface area contributed by atoms with Crippen molar-refractivity contribution < 1.29 is 9.69 Å². The predicted molar refractivity (Wildman–Crippen MR) is 100 cm³/mol. The molecule has 8 heteroatoms. The summed E-state index contributed by atoms with van der Waals surface area (Å²) in [7, 11) is 1.96. The van der Waals surface area contributed by atoms with E-state index in [1.165, 1.54) is 16.9 Å². The largest absolute Gasteiger partial charge is 0.351 e. The van der Waals surface area contributed by atoms with E-state index in [1.54, 1.807) is 4.68 Å². The van der Waals surface area contributed by atoms with Crippen LogP contribution in [0.15, 0.2) is 24.3 Å². The Bertz CT molecular complexity index is 723. The third-order valence-corrected chi connectivity index (χ3v) is 4.59. The minimum atomic E-state index is 0.0501. The van der Waals surface area contributed by atoms with Gasteiger partial charge in [0.05, 0.1) is 7.05 Å². The number of carbonyl (C=O) groups is 1. The fraction of sp³-hybridized carbons (Fsp3) is 0.438. The molecule has 0 aliphatic rings. The van der Waals surface area contributed by atoms with Crippen LogP contribution in [0, 0.1) is 10.9 Å². The molecule has 0 fully saturated rings. The number of benzene rings is 1. The Morgan fingerprint density at radius 1 is 1.38 bits per heavy atom. The highest BCUT2D eigenvalue weighted by atomic mass is 32.1. The Labute approximate surface area is 151 Å². The van der Waals surface area contributed by atoms with E-state index in [-0.39, 0.29) is 5.91 Å². The lowest BCUT2D eigenvalue weighted by molar-refractivity contribution is -0.895. The van der Waals surface area contributed by atoms with Gasteiger partial charge in [-0.25, -0.2) is 0 Å². The van der Waals surface area contributed by atoms with Crippen LogP contribution in [0.4, 0.5) is 10.8 Å². The summed E-state index contributed by atoms with van der Waals surface area (Å²) in [4.78, 5) is 12.8. The molecular weight excluding hydrogens is 342 g/mol. The summed E-state index contributed by atoms with van der Waals surface area (Å²) in [5.41, 5.74) is 2.20. The normalized spacial score (nSPS) is 12.0.